The summed E-state index contributed by atoms with van der Waals surface area (Å²) in [6, 6.07) is 7.97. The Labute approximate surface area is 164 Å². The van der Waals surface area contributed by atoms with Gasteiger partial charge in [0.1, 0.15) is 29.4 Å². The topological polar surface area (TPSA) is 75.9 Å². The number of pyridine rings is 2. The molecule has 2 aliphatic carbocycles. The number of imidazole rings is 1. The zero-order valence-corrected chi connectivity index (χ0v) is 16.3. The zero-order chi connectivity index (χ0) is 19.3. The van der Waals surface area contributed by atoms with Crippen molar-refractivity contribution in [1.82, 2.24) is 19.5 Å². The van der Waals surface area contributed by atoms with Crippen LogP contribution in [0.25, 0.3) is 5.82 Å². The second-order valence-corrected chi connectivity index (χ2v) is 8.27. The number of nitrogens with zero attached hydrogens (tertiary/aromatic N) is 4. The SMILES string of the molecule is Cc1ccnc(Nc2cc(C)cc(-n3cnc(C(O)(C4CC4)C4CC4)c3)n2)c1. The second-order valence-electron chi connectivity index (χ2n) is 8.27. The van der Waals surface area contributed by atoms with Crippen molar-refractivity contribution < 1.29 is 5.11 Å². The van der Waals surface area contributed by atoms with E-state index in [-0.39, 0.29) is 0 Å². The molecule has 6 nitrogen and oxygen atoms in total. The van der Waals surface area contributed by atoms with Crippen molar-refractivity contribution >= 4 is 11.6 Å². The van der Waals surface area contributed by atoms with E-state index in [2.05, 4.69) is 15.3 Å². The first-order chi connectivity index (χ1) is 13.5. The minimum Gasteiger partial charge on any atom is -0.383 e. The van der Waals surface area contributed by atoms with Crippen LogP contribution in [0.2, 0.25) is 0 Å². The van der Waals surface area contributed by atoms with E-state index in [1.807, 2.05) is 48.9 Å². The molecule has 28 heavy (non-hydrogen) atoms. The molecule has 0 atom stereocenters. The lowest BCUT2D eigenvalue weighted by Crippen LogP contribution is -2.31. The molecule has 3 heterocycles. The lowest BCUT2D eigenvalue weighted by molar-refractivity contribution is -0.0140. The van der Waals surface area contributed by atoms with Crippen LogP contribution in [0.4, 0.5) is 11.6 Å². The molecule has 0 bridgehead atoms. The molecule has 0 aliphatic heterocycles. The van der Waals surface area contributed by atoms with Crippen LogP contribution in [0.15, 0.2) is 43.0 Å². The van der Waals surface area contributed by atoms with Gasteiger partial charge in [0.05, 0.1) is 5.69 Å². The van der Waals surface area contributed by atoms with Gasteiger partial charge in [-0.05, 0) is 86.8 Å². The molecular formula is C22H25N5O. The number of aromatic nitrogens is 4. The minimum atomic E-state index is -0.762. The minimum absolute atomic E-state index is 0.360. The lowest BCUT2D eigenvalue weighted by Gasteiger charge is -2.26. The molecule has 3 aromatic heterocycles. The third-order valence-corrected chi connectivity index (χ3v) is 5.78. The highest BCUT2D eigenvalue weighted by Gasteiger charge is 2.55. The molecule has 0 radical (unpaired) electrons. The van der Waals surface area contributed by atoms with Gasteiger partial charge in [-0.25, -0.2) is 15.0 Å². The maximum atomic E-state index is 11.3. The van der Waals surface area contributed by atoms with Crippen molar-refractivity contribution in [1.29, 1.82) is 0 Å². The van der Waals surface area contributed by atoms with E-state index in [0.717, 1.165) is 60.0 Å². The fourth-order valence-corrected chi connectivity index (χ4v) is 4.03. The van der Waals surface area contributed by atoms with Crippen molar-refractivity contribution in [2.75, 3.05) is 5.32 Å². The average Bonchev–Trinajstić information content (AvgIpc) is 3.58. The highest BCUT2D eigenvalue weighted by molar-refractivity contribution is 5.55. The van der Waals surface area contributed by atoms with Crippen LogP contribution in [0.5, 0.6) is 0 Å². The van der Waals surface area contributed by atoms with E-state index >= 15 is 0 Å². The van der Waals surface area contributed by atoms with E-state index in [0.29, 0.717) is 11.8 Å². The van der Waals surface area contributed by atoms with Gasteiger partial charge in [-0.15, -0.1) is 0 Å². The van der Waals surface area contributed by atoms with Gasteiger partial charge in [0.2, 0.25) is 0 Å². The summed E-state index contributed by atoms with van der Waals surface area (Å²) in [5.74, 6) is 3.01. The maximum absolute atomic E-state index is 11.3. The summed E-state index contributed by atoms with van der Waals surface area (Å²) < 4.78 is 1.91. The molecular weight excluding hydrogens is 350 g/mol. The first-order valence-corrected chi connectivity index (χ1v) is 9.98. The van der Waals surface area contributed by atoms with Crippen LogP contribution in [0, 0.1) is 25.7 Å². The second kappa shape index (κ2) is 6.41. The Bertz CT molecular complexity index is 1010. The summed E-state index contributed by atoms with van der Waals surface area (Å²) in [5, 5.41) is 14.6. The number of hydrogen-bond acceptors (Lipinski definition) is 5. The zero-order valence-electron chi connectivity index (χ0n) is 16.3. The summed E-state index contributed by atoms with van der Waals surface area (Å²) in [7, 11) is 0. The van der Waals surface area contributed by atoms with Crippen molar-refractivity contribution in [2.24, 2.45) is 11.8 Å². The maximum Gasteiger partial charge on any atom is 0.140 e. The fraction of sp³-hybridized carbons (Fsp3) is 0.409. The third-order valence-electron chi connectivity index (χ3n) is 5.78. The Kier molecular flexibility index (Phi) is 3.98. The van der Waals surface area contributed by atoms with Crippen molar-refractivity contribution in [3.05, 3.63) is 59.8 Å². The summed E-state index contributed by atoms with van der Waals surface area (Å²) in [5.41, 5.74) is 2.26. The molecule has 0 amide bonds. The largest absolute Gasteiger partial charge is 0.383 e. The van der Waals surface area contributed by atoms with Crippen LogP contribution in [-0.4, -0.2) is 24.6 Å². The molecule has 0 saturated heterocycles. The Hall–Kier alpha value is -2.73. The number of aryl methyl sites for hydroxylation is 2. The van der Waals surface area contributed by atoms with Crippen LogP contribution >= 0.6 is 0 Å². The number of anilines is 2. The average molecular weight is 375 g/mol. The Morgan fingerprint density at radius 3 is 2.39 bits per heavy atom. The van der Waals surface area contributed by atoms with Gasteiger partial charge >= 0.3 is 0 Å². The predicted molar refractivity (Wildman–Crippen MR) is 108 cm³/mol. The van der Waals surface area contributed by atoms with Crippen LogP contribution in [0.1, 0.15) is 42.5 Å². The summed E-state index contributed by atoms with van der Waals surface area (Å²) in [6.45, 7) is 4.08. The van der Waals surface area contributed by atoms with E-state index in [1.165, 1.54) is 0 Å². The Morgan fingerprint density at radius 1 is 1.00 bits per heavy atom. The molecule has 2 saturated carbocycles. The van der Waals surface area contributed by atoms with E-state index in [1.54, 1.807) is 12.5 Å². The normalized spacial score (nSPS) is 17.0. The van der Waals surface area contributed by atoms with Crippen molar-refractivity contribution in [2.45, 2.75) is 45.1 Å². The third kappa shape index (κ3) is 3.18. The summed E-state index contributed by atoms with van der Waals surface area (Å²) >= 11 is 0. The quantitative estimate of drug-likeness (QED) is 0.680. The van der Waals surface area contributed by atoms with Gasteiger partial charge in [0.15, 0.2) is 0 Å². The molecule has 3 aromatic rings. The molecule has 0 unspecified atom stereocenters. The van der Waals surface area contributed by atoms with Gasteiger partial charge in [-0.2, -0.15) is 0 Å². The van der Waals surface area contributed by atoms with Gasteiger partial charge < -0.3 is 10.4 Å². The fourth-order valence-electron chi connectivity index (χ4n) is 4.03. The molecule has 144 valence electrons. The first-order valence-electron chi connectivity index (χ1n) is 9.98. The number of aliphatic hydroxyl groups is 1. The van der Waals surface area contributed by atoms with Crippen molar-refractivity contribution in [3.8, 4) is 5.82 Å². The standard InChI is InChI=1S/C22H25N5O/c1-14-7-8-23-19(9-14)25-20-10-15(2)11-21(26-20)27-12-18(24-13-27)22(28,16-3-4-16)17-5-6-17/h7-13,16-17,28H,3-6H2,1-2H3,(H,23,25,26). The lowest BCUT2D eigenvalue weighted by atomic mass is 9.89. The van der Waals surface area contributed by atoms with E-state index in [4.69, 9.17) is 4.98 Å². The highest BCUT2D eigenvalue weighted by atomic mass is 16.3. The number of hydrogen-bond donors (Lipinski definition) is 2. The highest BCUT2D eigenvalue weighted by Crippen LogP contribution is 2.56. The summed E-state index contributed by atoms with van der Waals surface area (Å²) in [6.07, 6.45) is 9.89. The predicted octanol–water partition coefficient (Wildman–Crippen LogP) is 4.03. The van der Waals surface area contributed by atoms with Gasteiger partial charge in [-0.3, -0.25) is 4.57 Å². The van der Waals surface area contributed by atoms with Gasteiger partial charge in [-0.1, -0.05) is 0 Å². The number of rotatable bonds is 6. The Morgan fingerprint density at radius 2 is 1.71 bits per heavy atom. The van der Waals surface area contributed by atoms with Crippen LogP contribution in [-0.2, 0) is 5.60 Å². The van der Waals surface area contributed by atoms with Crippen LogP contribution < -0.4 is 5.32 Å². The van der Waals surface area contributed by atoms with Crippen LogP contribution in [0.3, 0.4) is 0 Å². The van der Waals surface area contributed by atoms with Crippen molar-refractivity contribution in [3.63, 3.8) is 0 Å². The molecule has 5 rings (SSSR count). The smallest absolute Gasteiger partial charge is 0.140 e. The van der Waals surface area contributed by atoms with Gasteiger partial charge in [0.25, 0.3) is 0 Å². The first kappa shape index (κ1) is 17.4. The van der Waals surface area contributed by atoms with Gasteiger partial charge in [0, 0.05) is 12.4 Å². The molecule has 2 aliphatic rings. The summed E-state index contributed by atoms with van der Waals surface area (Å²) in [4.78, 5) is 13.7. The molecule has 2 fully saturated rings. The Balaban J connectivity index is 1.45. The molecule has 6 heteroatoms. The monoisotopic (exact) mass is 375 g/mol. The number of nitrogens with one attached hydrogen (secondary N) is 1. The molecule has 0 aromatic carbocycles. The molecule has 2 N–H and O–H groups in total. The molecule has 0 spiro atoms. The van der Waals surface area contributed by atoms with E-state index < -0.39 is 5.60 Å². The van der Waals surface area contributed by atoms with E-state index in [9.17, 15) is 5.11 Å².